The third kappa shape index (κ3) is 2.54. The predicted octanol–water partition coefficient (Wildman–Crippen LogP) is 1.77. The summed E-state index contributed by atoms with van der Waals surface area (Å²) in [5, 5.41) is 0. The predicted molar refractivity (Wildman–Crippen MR) is 68.9 cm³/mol. The van der Waals surface area contributed by atoms with E-state index in [4.69, 9.17) is 15.2 Å². The Labute approximate surface area is 107 Å². The molecular weight excluding hydrogens is 230 g/mol. The van der Waals surface area contributed by atoms with Crippen LogP contribution in [0, 0.1) is 0 Å². The first-order chi connectivity index (χ1) is 8.53. The third-order valence-corrected chi connectivity index (χ3v) is 3.00. The van der Waals surface area contributed by atoms with Crippen LogP contribution in [-0.4, -0.2) is 30.6 Å². The molecule has 1 fully saturated rings. The maximum atomic E-state index is 12.5. The summed E-state index contributed by atoms with van der Waals surface area (Å²) < 4.78 is 10.9. The van der Waals surface area contributed by atoms with Gasteiger partial charge in [-0.1, -0.05) is 12.1 Å². The Morgan fingerprint density at radius 2 is 2.17 bits per heavy atom. The van der Waals surface area contributed by atoms with Gasteiger partial charge in [-0.2, -0.15) is 0 Å². The quantitative estimate of drug-likeness (QED) is 0.826. The minimum Gasteiger partial charge on any atom is -0.490 e. The van der Waals surface area contributed by atoms with Crippen molar-refractivity contribution in [2.45, 2.75) is 31.9 Å². The second-order valence-corrected chi connectivity index (χ2v) is 4.95. The van der Waals surface area contributed by atoms with E-state index in [0.29, 0.717) is 24.3 Å². The summed E-state index contributed by atoms with van der Waals surface area (Å²) in [5.41, 5.74) is 5.74. The highest BCUT2D eigenvalue weighted by molar-refractivity contribution is 6.05. The number of hydrogen-bond acceptors (Lipinski definition) is 4. The summed E-state index contributed by atoms with van der Waals surface area (Å²) in [4.78, 5) is 12.5. The van der Waals surface area contributed by atoms with Gasteiger partial charge in [0.25, 0.3) is 0 Å². The van der Waals surface area contributed by atoms with Crippen molar-refractivity contribution in [3.63, 3.8) is 0 Å². The molecule has 0 bridgehead atoms. The molecule has 0 amide bonds. The van der Waals surface area contributed by atoms with Gasteiger partial charge in [0.05, 0.1) is 18.3 Å². The zero-order valence-electron chi connectivity index (χ0n) is 10.8. The summed E-state index contributed by atoms with van der Waals surface area (Å²) in [5.74, 6) is 0.491. The fraction of sp³-hybridized carbons (Fsp3) is 0.500. The summed E-state index contributed by atoms with van der Waals surface area (Å²) in [6, 6.07) is 7.22. The molecule has 98 valence electrons. The normalized spacial score (nSPS) is 23.3. The molecule has 0 radical (unpaired) electrons. The van der Waals surface area contributed by atoms with Crippen molar-refractivity contribution in [1.29, 1.82) is 0 Å². The lowest BCUT2D eigenvalue weighted by molar-refractivity contribution is 0.0857. The van der Waals surface area contributed by atoms with Crippen LogP contribution in [0.1, 0.15) is 30.6 Å². The largest absolute Gasteiger partial charge is 0.490 e. The summed E-state index contributed by atoms with van der Waals surface area (Å²) in [6.45, 7) is 4.67. The number of benzene rings is 1. The van der Waals surface area contributed by atoms with E-state index >= 15 is 0 Å². The van der Waals surface area contributed by atoms with Gasteiger partial charge in [-0.05, 0) is 32.4 Å². The highest BCUT2D eigenvalue weighted by Crippen LogP contribution is 2.27. The lowest BCUT2D eigenvalue weighted by Gasteiger charge is -2.22. The van der Waals surface area contributed by atoms with Crippen LogP contribution in [0.4, 0.5) is 0 Å². The number of rotatable bonds is 4. The minimum atomic E-state index is -0.906. The van der Waals surface area contributed by atoms with Crippen molar-refractivity contribution in [2.24, 2.45) is 5.73 Å². The summed E-state index contributed by atoms with van der Waals surface area (Å²) in [6.07, 6.45) is 0.578. The van der Waals surface area contributed by atoms with Gasteiger partial charge < -0.3 is 15.2 Å². The van der Waals surface area contributed by atoms with E-state index in [1.807, 2.05) is 26.0 Å². The monoisotopic (exact) mass is 249 g/mol. The van der Waals surface area contributed by atoms with E-state index in [-0.39, 0.29) is 18.5 Å². The SMILES string of the molecule is CC(C)Oc1ccccc1C(=O)C1(N)CCOC1. The minimum absolute atomic E-state index is 0.0208. The molecule has 1 unspecified atom stereocenters. The molecule has 0 aromatic heterocycles. The lowest BCUT2D eigenvalue weighted by Crippen LogP contribution is -2.48. The molecule has 4 nitrogen and oxygen atoms in total. The molecule has 1 aromatic rings. The van der Waals surface area contributed by atoms with Crippen LogP contribution >= 0.6 is 0 Å². The molecule has 1 heterocycles. The Balaban J connectivity index is 2.29. The van der Waals surface area contributed by atoms with Crippen molar-refractivity contribution >= 4 is 5.78 Å². The first kappa shape index (κ1) is 13.1. The number of para-hydroxylation sites is 1. The smallest absolute Gasteiger partial charge is 0.188 e. The van der Waals surface area contributed by atoms with Crippen molar-refractivity contribution in [2.75, 3.05) is 13.2 Å². The maximum absolute atomic E-state index is 12.5. The Morgan fingerprint density at radius 3 is 2.78 bits per heavy atom. The Bertz CT molecular complexity index is 436. The number of Topliss-reactive ketones (excluding diaryl/α,β-unsaturated/α-hetero) is 1. The molecule has 0 saturated carbocycles. The standard InChI is InChI=1S/C14H19NO3/c1-10(2)18-12-6-4-3-5-11(12)13(16)14(15)7-8-17-9-14/h3-6,10H,7-9,15H2,1-2H3. The fourth-order valence-corrected chi connectivity index (χ4v) is 2.04. The topological polar surface area (TPSA) is 61.5 Å². The molecule has 0 aliphatic carbocycles. The number of ketones is 1. The van der Waals surface area contributed by atoms with Crippen LogP contribution in [0.2, 0.25) is 0 Å². The molecule has 2 rings (SSSR count). The Hall–Kier alpha value is -1.39. The van der Waals surface area contributed by atoms with E-state index in [0.717, 1.165) is 0 Å². The molecule has 1 aliphatic rings. The van der Waals surface area contributed by atoms with Gasteiger partial charge in [0, 0.05) is 6.61 Å². The van der Waals surface area contributed by atoms with Gasteiger partial charge in [0.1, 0.15) is 11.3 Å². The van der Waals surface area contributed by atoms with E-state index in [1.54, 1.807) is 12.1 Å². The van der Waals surface area contributed by atoms with Gasteiger partial charge in [-0.25, -0.2) is 0 Å². The second-order valence-electron chi connectivity index (χ2n) is 4.95. The van der Waals surface area contributed by atoms with Gasteiger partial charge in [0.2, 0.25) is 0 Å². The van der Waals surface area contributed by atoms with Crippen LogP contribution in [0.15, 0.2) is 24.3 Å². The van der Waals surface area contributed by atoms with Crippen LogP contribution in [0.5, 0.6) is 5.75 Å². The van der Waals surface area contributed by atoms with Crippen molar-refractivity contribution in [1.82, 2.24) is 0 Å². The van der Waals surface area contributed by atoms with Crippen LogP contribution in [0.25, 0.3) is 0 Å². The highest BCUT2D eigenvalue weighted by atomic mass is 16.5. The molecule has 2 N–H and O–H groups in total. The molecule has 4 heteroatoms. The van der Waals surface area contributed by atoms with Gasteiger partial charge in [0.15, 0.2) is 5.78 Å². The zero-order chi connectivity index (χ0) is 13.2. The molecule has 1 aromatic carbocycles. The van der Waals surface area contributed by atoms with E-state index in [1.165, 1.54) is 0 Å². The average Bonchev–Trinajstić information content (AvgIpc) is 2.76. The van der Waals surface area contributed by atoms with Gasteiger partial charge >= 0.3 is 0 Å². The molecule has 1 atom stereocenters. The second kappa shape index (κ2) is 5.08. The number of nitrogens with two attached hydrogens (primary N) is 1. The number of carbonyl (C=O) groups excluding carboxylic acids is 1. The van der Waals surface area contributed by atoms with Crippen LogP contribution in [0.3, 0.4) is 0 Å². The van der Waals surface area contributed by atoms with Crippen molar-refractivity contribution in [3.8, 4) is 5.75 Å². The number of hydrogen-bond donors (Lipinski definition) is 1. The molecule has 18 heavy (non-hydrogen) atoms. The summed E-state index contributed by atoms with van der Waals surface area (Å²) in [7, 11) is 0. The van der Waals surface area contributed by atoms with Crippen molar-refractivity contribution in [3.05, 3.63) is 29.8 Å². The summed E-state index contributed by atoms with van der Waals surface area (Å²) >= 11 is 0. The lowest BCUT2D eigenvalue weighted by atomic mass is 9.89. The van der Waals surface area contributed by atoms with Crippen LogP contribution < -0.4 is 10.5 Å². The average molecular weight is 249 g/mol. The van der Waals surface area contributed by atoms with Gasteiger partial charge in [-0.15, -0.1) is 0 Å². The third-order valence-electron chi connectivity index (χ3n) is 3.00. The van der Waals surface area contributed by atoms with Crippen molar-refractivity contribution < 1.29 is 14.3 Å². The fourth-order valence-electron chi connectivity index (χ4n) is 2.04. The Morgan fingerprint density at radius 1 is 1.44 bits per heavy atom. The number of ether oxygens (including phenoxy) is 2. The molecule has 1 aliphatic heterocycles. The van der Waals surface area contributed by atoms with E-state index in [9.17, 15) is 4.79 Å². The molecule has 1 saturated heterocycles. The molecule has 0 spiro atoms. The first-order valence-electron chi connectivity index (χ1n) is 6.20. The van der Waals surface area contributed by atoms with Crippen LogP contribution in [-0.2, 0) is 4.74 Å². The molecular formula is C14H19NO3. The van der Waals surface area contributed by atoms with E-state index < -0.39 is 5.54 Å². The zero-order valence-corrected chi connectivity index (χ0v) is 10.8. The first-order valence-corrected chi connectivity index (χ1v) is 6.20. The van der Waals surface area contributed by atoms with Gasteiger partial charge in [-0.3, -0.25) is 4.79 Å². The highest BCUT2D eigenvalue weighted by Gasteiger charge is 2.39. The number of carbonyl (C=O) groups is 1. The van der Waals surface area contributed by atoms with E-state index in [2.05, 4.69) is 0 Å². The Kier molecular flexibility index (Phi) is 3.68. The maximum Gasteiger partial charge on any atom is 0.188 e.